The molecule has 4 aromatic carbocycles. The number of benzene rings is 4. The van der Waals surface area contributed by atoms with Crippen LogP contribution in [0.15, 0.2) is 200 Å². The number of Topliss-reactive ketones (excluding diaryl/α,β-unsaturated/α-hetero) is 1. The van der Waals surface area contributed by atoms with Gasteiger partial charge in [-0.25, -0.2) is 19.9 Å². The molecule has 562 valence electrons. The van der Waals surface area contributed by atoms with Gasteiger partial charge in [0, 0.05) is 64.6 Å². The van der Waals surface area contributed by atoms with Crippen LogP contribution in [0.1, 0.15) is 190 Å². The third kappa shape index (κ3) is 37.4. The number of ketones is 1. The number of unbranched alkanes of at least 4 members (excludes halogenated alkanes) is 4. The van der Waals surface area contributed by atoms with Gasteiger partial charge >= 0.3 is 34.1 Å². The molecule has 9 rings (SSSR count). The van der Waals surface area contributed by atoms with Crippen molar-refractivity contribution in [2.45, 2.75) is 195 Å². The van der Waals surface area contributed by atoms with Crippen LogP contribution in [-0.4, -0.2) is 83.9 Å². The van der Waals surface area contributed by atoms with Crippen LogP contribution in [-0.2, 0) is 78.2 Å². The number of carbonyl (C=O) groups is 1. The van der Waals surface area contributed by atoms with Crippen molar-refractivity contribution in [2.24, 2.45) is 16.2 Å². The van der Waals surface area contributed by atoms with Crippen LogP contribution < -0.4 is 48.2 Å². The quantitative estimate of drug-likeness (QED) is 0.0254. The van der Waals surface area contributed by atoms with E-state index in [0.717, 1.165) is 83.6 Å². The van der Waals surface area contributed by atoms with Gasteiger partial charge in [-0.2, -0.15) is 21.9 Å². The van der Waals surface area contributed by atoms with E-state index < -0.39 is 6.15 Å². The SMILES string of the molecule is CC(C)=O.CCCCC.CCCCC.C[C+](C)CNc1cccc(CN(Cc2cccc(NCC(C)(C)C)n2)Cc2cc(CN(Cc3cccc(NCC(C)(C)C)n3)Cc3cccc(NCC(C)(C)C)n3)n[n-]2)n1.[CH3-].[Mn+3].[Mn+3].[OH-].[OH-].c1ccc([B-](c2ccccc2)(c2ccccc2)c2ccccc2)cc1. The minimum atomic E-state index is -1.22. The second kappa shape index (κ2) is 50.8. The van der Waals surface area contributed by atoms with Crippen molar-refractivity contribution in [1.82, 2.24) is 39.9 Å². The summed E-state index contributed by atoms with van der Waals surface area (Å²) in [7, 11) is 0. The average molecular weight is 1500 g/mol. The molecule has 0 aliphatic carbocycles. The molecule has 0 saturated heterocycles. The summed E-state index contributed by atoms with van der Waals surface area (Å²) in [6.45, 7) is 43.1. The van der Waals surface area contributed by atoms with Crippen LogP contribution >= 0.6 is 0 Å². The van der Waals surface area contributed by atoms with Crippen molar-refractivity contribution in [2.75, 3.05) is 47.4 Å². The number of rotatable bonds is 29. The van der Waals surface area contributed by atoms with Gasteiger partial charge in [0.05, 0.1) is 36.6 Å². The third-order valence-electron chi connectivity index (χ3n) is 15.8. The number of anilines is 4. The number of nitrogens with zero attached hydrogens (tertiary/aromatic N) is 8. The smallest absolute Gasteiger partial charge is 0.870 e. The minimum absolute atomic E-state index is 0. The molecule has 0 spiro atoms. The largest absolute Gasteiger partial charge is 3.00 e. The van der Waals surface area contributed by atoms with Gasteiger partial charge in [-0.05, 0) is 78.6 Å². The summed E-state index contributed by atoms with van der Waals surface area (Å²) < 4.78 is 0. The molecule has 0 bridgehead atoms. The van der Waals surface area contributed by atoms with Crippen molar-refractivity contribution in [1.29, 1.82) is 0 Å². The van der Waals surface area contributed by atoms with Crippen LogP contribution in [0.25, 0.3) is 0 Å². The van der Waals surface area contributed by atoms with Crippen LogP contribution in [0, 0.1) is 29.6 Å². The monoisotopic (exact) mass is 1490 g/mol. The zero-order valence-electron chi connectivity index (χ0n) is 66.1. The first-order valence-corrected chi connectivity index (χ1v) is 36.2. The Hall–Kier alpha value is -7.63. The normalized spacial score (nSPS) is 10.8. The molecule has 15 nitrogen and oxygen atoms in total. The van der Waals surface area contributed by atoms with E-state index in [0.29, 0.717) is 39.3 Å². The molecule has 0 fully saturated rings. The van der Waals surface area contributed by atoms with Gasteiger partial charge < -0.3 is 54.6 Å². The fourth-order valence-electron chi connectivity index (χ4n) is 11.1. The van der Waals surface area contributed by atoms with Gasteiger partial charge in [0.25, 0.3) is 0 Å². The van der Waals surface area contributed by atoms with E-state index in [9.17, 15) is 4.79 Å². The Morgan fingerprint density at radius 2 is 0.663 bits per heavy atom. The van der Waals surface area contributed by atoms with Gasteiger partial charge in [0.15, 0.2) is 6.54 Å². The molecule has 0 atom stereocenters. The average Bonchev–Trinajstić information content (AvgIpc) is 0.797. The molecule has 18 heteroatoms. The first-order valence-electron chi connectivity index (χ1n) is 36.2. The maximum Gasteiger partial charge on any atom is 3.00 e. The van der Waals surface area contributed by atoms with E-state index in [-0.39, 0.29) is 74.5 Å². The molecular weight excluding hydrogens is 1370 g/mol. The molecule has 0 saturated carbocycles. The maximum absolute atomic E-state index is 9.44. The van der Waals surface area contributed by atoms with Crippen molar-refractivity contribution in [3.05, 3.63) is 248 Å². The predicted octanol–water partition coefficient (Wildman–Crippen LogP) is 17.6. The summed E-state index contributed by atoms with van der Waals surface area (Å²) in [6.07, 6.45) is 6.94. The van der Waals surface area contributed by atoms with E-state index in [1.54, 1.807) is 0 Å². The van der Waals surface area contributed by atoms with Gasteiger partial charge in [0.2, 0.25) is 0 Å². The Labute approximate surface area is 649 Å². The van der Waals surface area contributed by atoms with Crippen molar-refractivity contribution in [3.63, 3.8) is 0 Å². The molecule has 6 N–H and O–H groups in total. The fraction of sp³-hybridized carbons (Fsp3) is 0.419. The zero-order valence-corrected chi connectivity index (χ0v) is 68.4. The minimum Gasteiger partial charge on any atom is -0.870 e. The van der Waals surface area contributed by atoms with E-state index in [1.807, 2.05) is 24.3 Å². The molecule has 9 aromatic rings. The predicted molar refractivity (Wildman–Crippen MR) is 434 cm³/mol. The molecule has 0 radical (unpaired) electrons. The molecule has 0 unspecified atom stereocenters. The molecular formula is C86H125BMn2N12O3+2. The molecule has 0 amide bonds. The fourth-order valence-corrected chi connectivity index (χ4v) is 11.1. The van der Waals surface area contributed by atoms with E-state index in [2.05, 4.69) is 311 Å². The number of hydrogen-bond donors (Lipinski definition) is 4. The Bertz CT molecular complexity index is 3420. The summed E-state index contributed by atoms with van der Waals surface area (Å²) in [6, 6.07) is 70.4. The number of hydrogen-bond acceptors (Lipinski definition) is 14. The van der Waals surface area contributed by atoms with E-state index in [1.165, 1.54) is 80.1 Å². The van der Waals surface area contributed by atoms with Crippen molar-refractivity contribution in [3.8, 4) is 0 Å². The van der Waals surface area contributed by atoms with Crippen LogP contribution in [0.2, 0.25) is 0 Å². The second-order valence-corrected chi connectivity index (χ2v) is 30.1. The summed E-state index contributed by atoms with van der Waals surface area (Å²) in [4.78, 5) is 34.1. The molecule has 0 aliphatic heterocycles. The van der Waals surface area contributed by atoms with Gasteiger partial charge in [0.1, 0.15) is 41.1 Å². The van der Waals surface area contributed by atoms with Gasteiger partial charge in [-0.15, -0.1) is 5.69 Å². The summed E-state index contributed by atoms with van der Waals surface area (Å²) >= 11 is 0. The van der Waals surface area contributed by atoms with Gasteiger partial charge in [-0.3, -0.25) is 9.80 Å². The Balaban J connectivity index is 0.00000198. The topological polar surface area (TPSA) is 210 Å². The standard InChI is InChI=1S/C48H70N12.C24H20B.2C5H12.C3H6O.CH3.2Mn.2H2O/c1-35(2)25-49-42-20-12-16-36(53-42)26-59(27-37-17-13-21-43(54-37)50-32-46(3,4)5)30-40-24-41(58-57-40)31-60(28-38-18-14-22-44(55-38)51-33-47(6,7)8)29-39-19-15-23-45(56-39)52-34-48(9,10)11;1-5-13-21(14-6-1)25(22-15-7-2-8-16-22,23-17-9-3-10-18-23)24-19-11-4-12-20-24;2*1-3-5-4-2;1-3(2)4;;;;;/h12-24H,25-34H2,1-11H3,(H4-,49,50,51,52,53,54,55,56,57,58);1-20H;2*3-5H2,1-2H3;1-2H3;1H3;;;2*1H2/q;-1;;;;-1;2*+3;;/p-2. The third-order valence-corrected chi connectivity index (χ3v) is 15.8. The Kier molecular flexibility index (Phi) is 47.0. The van der Waals surface area contributed by atoms with Crippen LogP contribution in [0.3, 0.4) is 0 Å². The second-order valence-electron chi connectivity index (χ2n) is 30.1. The summed E-state index contributed by atoms with van der Waals surface area (Å²) in [5.41, 5.74) is 11.5. The van der Waals surface area contributed by atoms with Crippen molar-refractivity contribution < 1.29 is 49.9 Å². The van der Waals surface area contributed by atoms with Crippen molar-refractivity contribution >= 4 is 57.1 Å². The molecule has 104 heavy (non-hydrogen) atoms. The summed E-state index contributed by atoms with van der Waals surface area (Å²) in [5.74, 6) is 4.97. The van der Waals surface area contributed by atoms with E-state index in [4.69, 9.17) is 30.1 Å². The number of nitrogens with one attached hydrogen (secondary N) is 4. The van der Waals surface area contributed by atoms with Crippen LogP contribution in [0.4, 0.5) is 23.3 Å². The number of pyridine rings is 4. The first kappa shape index (κ1) is 96.4. The molecule has 5 heterocycles. The number of aromatic nitrogens is 6. The summed E-state index contributed by atoms with van der Waals surface area (Å²) in [5, 5.41) is 23.5. The van der Waals surface area contributed by atoms with E-state index >= 15 is 0 Å². The Morgan fingerprint density at radius 1 is 0.404 bits per heavy atom. The molecule has 0 aliphatic rings. The molecule has 5 aromatic heterocycles. The Morgan fingerprint density at radius 3 is 0.913 bits per heavy atom. The number of carbonyl (C=O) groups excluding carboxylic acids is 1. The van der Waals surface area contributed by atoms with Gasteiger partial charge in [-0.1, -0.05) is 280 Å². The van der Waals surface area contributed by atoms with Crippen LogP contribution in [0.5, 0.6) is 0 Å². The maximum atomic E-state index is 9.44. The first-order chi connectivity index (χ1) is 47.3. The zero-order chi connectivity index (χ0) is 72.1.